The van der Waals surface area contributed by atoms with Crippen LogP contribution in [0.15, 0.2) is 22.7 Å². The van der Waals surface area contributed by atoms with Gasteiger partial charge in [-0.1, -0.05) is 15.9 Å². The van der Waals surface area contributed by atoms with Gasteiger partial charge in [0.2, 0.25) is 0 Å². The molecule has 82 valence electrons. The van der Waals surface area contributed by atoms with Crippen LogP contribution in [0.1, 0.15) is 25.3 Å². The molecule has 1 nitrogen and oxygen atoms in total. The predicted octanol–water partition coefficient (Wildman–Crippen LogP) is 3.29. The van der Waals surface area contributed by atoms with Crippen molar-refractivity contribution >= 4 is 15.9 Å². The molecule has 0 bridgehead atoms. The molecule has 1 N–H and O–H groups in total. The van der Waals surface area contributed by atoms with Gasteiger partial charge in [-0.15, -0.1) is 0 Å². The van der Waals surface area contributed by atoms with E-state index < -0.39 is 5.60 Å². The van der Waals surface area contributed by atoms with Gasteiger partial charge in [-0.05, 0) is 49.4 Å². The van der Waals surface area contributed by atoms with Crippen LogP contribution in [0.2, 0.25) is 0 Å². The van der Waals surface area contributed by atoms with E-state index in [0.29, 0.717) is 17.9 Å². The van der Waals surface area contributed by atoms with E-state index in [4.69, 9.17) is 0 Å². The Balaban J connectivity index is 2.19. The highest BCUT2D eigenvalue weighted by Crippen LogP contribution is 2.41. The van der Waals surface area contributed by atoms with Gasteiger partial charge in [0.25, 0.3) is 0 Å². The third-order valence-electron chi connectivity index (χ3n) is 3.01. The Hall–Kier alpha value is -0.410. The fraction of sp³-hybridized carbons (Fsp3) is 0.500. The lowest BCUT2D eigenvalue weighted by Crippen LogP contribution is -2.30. The number of rotatable bonds is 3. The minimum atomic E-state index is -0.762. The topological polar surface area (TPSA) is 20.2 Å². The van der Waals surface area contributed by atoms with Gasteiger partial charge in [-0.3, -0.25) is 0 Å². The van der Waals surface area contributed by atoms with Gasteiger partial charge in [-0.2, -0.15) is 0 Å². The lowest BCUT2D eigenvalue weighted by molar-refractivity contribution is 0.0364. The average Bonchev–Trinajstić information content (AvgIpc) is 2.93. The number of hydrogen-bond donors (Lipinski definition) is 1. The Bertz CT molecular complexity index is 372. The molecule has 0 radical (unpaired) electrons. The van der Waals surface area contributed by atoms with Gasteiger partial charge in [0.05, 0.1) is 5.60 Å². The molecule has 1 saturated carbocycles. The minimum absolute atomic E-state index is 0.237. The quantitative estimate of drug-likeness (QED) is 0.896. The van der Waals surface area contributed by atoms with Crippen molar-refractivity contribution in [2.45, 2.75) is 31.8 Å². The minimum Gasteiger partial charge on any atom is -0.390 e. The molecule has 0 aliphatic heterocycles. The van der Waals surface area contributed by atoms with E-state index in [9.17, 15) is 9.50 Å². The summed E-state index contributed by atoms with van der Waals surface area (Å²) in [6.07, 6.45) is 2.51. The first-order valence-electron chi connectivity index (χ1n) is 5.15. The van der Waals surface area contributed by atoms with Crippen molar-refractivity contribution in [1.82, 2.24) is 0 Å². The molecule has 0 heterocycles. The fourth-order valence-corrected chi connectivity index (χ4v) is 2.32. The second-order valence-electron chi connectivity index (χ2n) is 4.54. The van der Waals surface area contributed by atoms with Gasteiger partial charge in [0.1, 0.15) is 5.82 Å². The van der Waals surface area contributed by atoms with E-state index >= 15 is 0 Å². The summed E-state index contributed by atoms with van der Waals surface area (Å²) in [6.45, 7) is 1.80. The van der Waals surface area contributed by atoms with Crippen LogP contribution in [0.4, 0.5) is 4.39 Å². The van der Waals surface area contributed by atoms with Crippen molar-refractivity contribution in [3.63, 3.8) is 0 Å². The Labute approximate surface area is 97.4 Å². The van der Waals surface area contributed by atoms with Crippen LogP contribution in [-0.2, 0) is 6.42 Å². The maximum Gasteiger partial charge on any atom is 0.126 e. The standard InChI is InChI=1S/C12H14BrFO/c1-12(15,9-2-3-9)7-8-6-10(13)4-5-11(8)14/h4-6,9,15H,2-3,7H2,1H3. The van der Waals surface area contributed by atoms with Crippen molar-refractivity contribution in [2.75, 3.05) is 0 Å². The van der Waals surface area contributed by atoms with Crippen molar-refractivity contribution in [1.29, 1.82) is 0 Å². The monoisotopic (exact) mass is 272 g/mol. The van der Waals surface area contributed by atoms with Gasteiger partial charge in [0.15, 0.2) is 0 Å². The molecular weight excluding hydrogens is 259 g/mol. The molecule has 1 fully saturated rings. The molecule has 0 amide bonds. The van der Waals surface area contributed by atoms with E-state index in [1.807, 2.05) is 0 Å². The average molecular weight is 273 g/mol. The van der Waals surface area contributed by atoms with Crippen LogP contribution in [0.3, 0.4) is 0 Å². The highest BCUT2D eigenvalue weighted by Gasteiger charge is 2.40. The Morgan fingerprint density at radius 1 is 1.53 bits per heavy atom. The largest absolute Gasteiger partial charge is 0.390 e. The summed E-state index contributed by atoms with van der Waals surface area (Å²) in [4.78, 5) is 0. The fourth-order valence-electron chi connectivity index (χ4n) is 1.91. The Morgan fingerprint density at radius 2 is 2.20 bits per heavy atom. The molecule has 1 aromatic carbocycles. The molecule has 1 aromatic rings. The van der Waals surface area contributed by atoms with Crippen LogP contribution in [0.25, 0.3) is 0 Å². The summed E-state index contributed by atoms with van der Waals surface area (Å²) >= 11 is 3.31. The summed E-state index contributed by atoms with van der Waals surface area (Å²) in [7, 11) is 0. The molecule has 1 aliphatic rings. The zero-order valence-electron chi connectivity index (χ0n) is 8.63. The molecule has 1 unspecified atom stereocenters. The lowest BCUT2D eigenvalue weighted by atomic mass is 9.91. The third-order valence-corrected chi connectivity index (χ3v) is 3.51. The number of benzene rings is 1. The van der Waals surface area contributed by atoms with E-state index in [1.165, 1.54) is 6.07 Å². The normalized spacial score (nSPS) is 20.0. The molecule has 1 aliphatic carbocycles. The first-order chi connectivity index (χ1) is 6.99. The highest BCUT2D eigenvalue weighted by atomic mass is 79.9. The molecule has 0 aromatic heterocycles. The first-order valence-corrected chi connectivity index (χ1v) is 5.94. The molecule has 0 spiro atoms. The van der Waals surface area contributed by atoms with E-state index in [1.54, 1.807) is 19.1 Å². The second kappa shape index (κ2) is 3.87. The zero-order chi connectivity index (χ0) is 11.1. The highest BCUT2D eigenvalue weighted by molar-refractivity contribution is 9.10. The van der Waals surface area contributed by atoms with Crippen LogP contribution in [0, 0.1) is 11.7 Å². The molecule has 2 rings (SSSR count). The number of halogens is 2. The van der Waals surface area contributed by atoms with E-state index in [-0.39, 0.29) is 5.82 Å². The maximum atomic E-state index is 13.5. The Morgan fingerprint density at radius 3 is 2.80 bits per heavy atom. The van der Waals surface area contributed by atoms with Gasteiger partial charge < -0.3 is 5.11 Å². The van der Waals surface area contributed by atoms with Gasteiger partial charge >= 0.3 is 0 Å². The van der Waals surface area contributed by atoms with Gasteiger partial charge in [-0.25, -0.2) is 4.39 Å². The maximum absolute atomic E-state index is 13.5. The molecular formula is C12H14BrFO. The third kappa shape index (κ3) is 2.58. The van der Waals surface area contributed by atoms with Crippen molar-refractivity contribution in [2.24, 2.45) is 5.92 Å². The van der Waals surface area contributed by atoms with Crippen LogP contribution in [0.5, 0.6) is 0 Å². The van der Waals surface area contributed by atoms with E-state index in [2.05, 4.69) is 15.9 Å². The van der Waals surface area contributed by atoms with Crippen LogP contribution >= 0.6 is 15.9 Å². The van der Waals surface area contributed by atoms with Crippen LogP contribution < -0.4 is 0 Å². The molecule has 15 heavy (non-hydrogen) atoms. The smallest absolute Gasteiger partial charge is 0.126 e. The summed E-state index contributed by atoms with van der Waals surface area (Å²) in [5, 5.41) is 10.1. The molecule has 3 heteroatoms. The van der Waals surface area contributed by atoms with Gasteiger partial charge in [0, 0.05) is 10.9 Å². The SMILES string of the molecule is CC(O)(Cc1cc(Br)ccc1F)C1CC1. The Kier molecular flexibility index (Phi) is 2.86. The summed E-state index contributed by atoms with van der Waals surface area (Å²) < 4.78 is 14.3. The second-order valence-corrected chi connectivity index (χ2v) is 5.46. The van der Waals surface area contributed by atoms with Crippen molar-refractivity contribution in [3.8, 4) is 0 Å². The lowest BCUT2D eigenvalue weighted by Gasteiger charge is -2.23. The summed E-state index contributed by atoms with van der Waals surface area (Å²) in [5.41, 5.74) is -0.178. The van der Waals surface area contributed by atoms with E-state index in [0.717, 1.165) is 17.3 Å². The summed E-state index contributed by atoms with van der Waals surface area (Å²) in [5.74, 6) is 0.106. The molecule has 0 saturated heterocycles. The predicted molar refractivity (Wildman–Crippen MR) is 61.2 cm³/mol. The molecule has 1 atom stereocenters. The number of aliphatic hydroxyl groups is 1. The van der Waals surface area contributed by atoms with Crippen molar-refractivity contribution in [3.05, 3.63) is 34.1 Å². The number of hydrogen-bond acceptors (Lipinski definition) is 1. The first kappa shape index (κ1) is 11.1. The van der Waals surface area contributed by atoms with Crippen LogP contribution in [-0.4, -0.2) is 10.7 Å². The summed E-state index contributed by atoms with van der Waals surface area (Å²) in [6, 6.07) is 4.85. The van der Waals surface area contributed by atoms with Crippen molar-refractivity contribution < 1.29 is 9.50 Å². The zero-order valence-corrected chi connectivity index (χ0v) is 10.2.